The van der Waals surface area contributed by atoms with Gasteiger partial charge in [-0.3, -0.25) is 0 Å². The molecule has 0 aromatic heterocycles. The van der Waals surface area contributed by atoms with Gasteiger partial charge in [0.2, 0.25) is 0 Å². The number of hydrogen-bond donors (Lipinski definition) is 0. The van der Waals surface area contributed by atoms with Crippen LogP contribution in [0.1, 0.15) is 20.8 Å². The molecule has 0 amide bonds. The van der Waals surface area contributed by atoms with Crippen LogP contribution in [0, 0.1) is 0 Å². The number of benzene rings is 1. The van der Waals surface area contributed by atoms with Gasteiger partial charge >= 0.3 is 0 Å². The molecule has 0 saturated carbocycles. The van der Waals surface area contributed by atoms with E-state index in [-0.39, 0.29) is 0 Å². The van der Waals surface area contributed by atoms with Gasteiger partial charge in [-0.1, -0.05) is 56.3 Å². The maximum atomic E-state index is 2.38. The standard InChI is InChI=1S/C10H18Si2/c1-10(2,3)12(11)9-7-5-4-6-8-9/h4-8,12H,1-3,11H3. The molecule has 0 N–H and O–H groups in total. The van der Waals surface area contributed by atoms with E-state index in [1.165, 1.54) is 9.76 Å². The molecule has 0 spiro atoms. The Morgan fingerprint density at radius 3 is 2.00 bits per heavy atom. The molecule has 0 heterocycles. The highest BCUT2D eigenvalue weighted by Gasteiger charge is 2.22. The molecule has 0 nitrogen and oxygen atoms in total. The van der Waals surface area contributed by atoms with Gasteiger partial charge in [-0.25, -0.2) is 0 Å². The SMILES string of the molecule is CC(C)(C)[SiH]([SiH3])c1ccccc1. The zero-order chi connectivity index (χ0) is 9.19. The Morgan fingerprint density at radius 2 is 1.58 bits per heavy atom. The monoisotopic (exact) mass is 194 g/mol. The normalized spacial score (nSPS) is 14.6. The molecule has 1 aromatic rings. The van der Waals surface area contributed by atoms with Gasteiger partial charge in [0.05, 0.1) is 8.31 Å². The van der Waals surface area contributed by atoms with E-state index in [0.717, 1.165) is 0 Å². The Balaban J connectivity index is 2.86. The minimum absolute atomic E-state index is 0.563. The second-order valence-electron chi connectivity index (χ2n) is 4.50. The van der Waals surface area contributed by atoms with Crippen LogP contribution < -0.4 is 5.19 Å². The van der Waals surface area contributed by atoms with Crippen LogP contribution in [0.25, 0.3) is 0 Å². The average Bonchev–Trinajstić information content (AvgIpc) is 2.03. The summed E-state index contributed by atoms with van der Waals surface area (Å²) in [6, 6.07) is 11.0. The van der Waals surface area contributed by atoms with E-state index >= 15 is 0 Å². The molecule has 66 valence electrons. The maximum absolute atomic E-state index is 2.38. The summed E-state index contributed by atoms with van der Waals surface area (Å²) in [5.41, 5.74) is 0. The first-order valence-electron chi connectivity index (χ1n) is 4.57. The minimum Gasteiger partial charge on any atom is -0.0662 e. The zero-order valence-corrected chi connectivity index (χ0v) is 11.6. The molecule has 0 aliphatic heterocycles. The summed E-state index contributed by atoms with van der Waals surface area (Å²) in [6.45, 7) is 7.14. The van der Waals surface area contributed by atoms with E-state index in [2.05, 4.69) is 51.1 Å². The summed E-state index contributed by atoms with van der Waals surface area (Å²) in [6.07, 6.45) is 0. The van der Waals surface area contributed by atoms with E-state index in [4.69, 9.17) is 0 Å². The first-order chi connectivity index (χ1) is 5.52. The lowest BCUT2D eigenvalue weighted by atomic mass is 10.2. The topological polar surface area (TPSA) is 0 Å². The van der Waals surface area contributed by atoms with Crippen molar-refractivity contribution in [2.75, 3.05) is 0 Å². The van der Waals surface area contributed by atoms with Crippen LogP contribution in [0.15, 0.2) is 30.3 Å². The molecule has 1 unspecified atom stereocenters. The van der Waals surface area contributed by atoms with Crippen molar-refractivity contribution in [2.24, 2.45) is 0 Å². The van der Waals surface area contributed by atoms with Gasteiger partial charge in [0.15, 0.2) is 0 Å². The maximum Gasteiger partial charge on any atom is 0.0590 e. The van der Waals surface area contributed by atoms with Gasteiger partial charge in [-0.15, -0.1) is 0 Å². The van der Waals surface area contributed by atoms with Crippen molar-refractivity contribution in [2.45, 2.75) is 25.8 Å². The van der Waals surface area contributed by atoms with Crippen molar-refractivity contribution in [1.29, 1.82) is 0 Å². The predicted octanol–water partition coefficient (Wildman–Crippen LogP) is 0.783. The third kappa shape index (κ3) is 2.32. The molecular formula is C10H18Si2. The molecule has 0 fully saturated rings. The molecule has 1 atom stereocenters. The number of rotatable bonds is 1. The molecule has 12 heavy (non-hydrogen) atoms. The molecule has 1 aromatic carbocycles. The number of hydrogen-bond acceptors (Lipinski definition) is 0. The van der Waals surface area contributed by atoms with Crippen LogP contribution in [0.3, 0.4) is 0 Å². The fraction of sp³-hybridized carbons (Fsp3) is 0.400. The zero-order valence-electron chi connectivity index (χ0n) is 8.46. The summed E-state index contributed by atoms with van der Waals surface area (Å²) in [4.78, 5) is 0. The van der Waals surface area contributed by atoms with Crippen molar-refractivity contribution >= 4 is 23.3 Å². The van der Waals surface area contributed by atoms with E-state index < -0.39 is 8.31 Å². The van der Waals surface area contributed by atoms with Gasteiger partial charge < -0.3 is 0 Å². The molecule has 0 radical (unpaired) electrons. The summed E-state index contributed by atoms with van der Waals surface area (Å²) >= 11 is 0. The van der Waals surface area contributed by atoms with Crippen LogP contribution in [0.4, 0.5) is 0 Å². The van der Waals surface area contributed by atoms with Crippen LogP contribution in [-0.4, -0.2) is 18.1 Å². The fourth-order valence-electron chi connectivity index (χ4n) is 1.24. The lowest BCUT2D eigenvalue weighted by Gasteiger charge is -2.26. The highest BCUT2D eigenvalue weighted by molar-refractivity contribution is 7.12. The van der Waals surface area contributed by atoms with Crippen LogP contribution in [-0.2, 0) is 0 Å². The smallest absolute Gasteiger partial charge is 0.0590 e. The van der Waals surface area contributed by atoms with E-state index in [0.29, 0.717) is 5.04 Å². The Kier molecular flexibility index (Phi) is 2.91. The lowest BCUT2D eigenvalue weighted by molar-refractivity contribution is 0.754. The minimum atomic E-state index is -0.610. The van der Waals surface area contributed by atoms with Gasteiger partial charge in [-0.05, 0) is 5.04 Å². The third-order valence-corrected chi connectivity index (χ3v) is 13.8. The largest absolute Gasteiger partial charge is 0.0662 e. The van der Waals surface area contributed by atoms with Crippen LogP contribution in [0.5, 0.6) is 0 Å². The molecule has 0 aliphatic carbocycles. The van der Waals surface area contributed by atoms with Crippen molar-refractivity contribution in [3.63, 3.8) is 0 Å². The second kappa shape index (κ2) is 3.58. The van der Waals surface area contributed by atoms with Crippen molar-refractivity contribution in [3.8, 4) is 0 Å². The third-order valence-electron chi connectivity index (χ3n) is 2.60. The van der Waals surface area contributed by atoms with Crippen LogP contribution >= 0.6 is 0 Å². The summed E-state index contributed by atoms with van der Waals surface area (Å²) in [5.74, 6) is 0. The van der Waals surface area contributed by atoms with Gasteiger partial charge in [0.25, 0.3) is 0 Å². The highest BCUT2D eigenvalue weighted by Crippen LogP contribution is 2.24. The highest BCUT2D eigenvalue weighted by atomic mass is 29.1. The van der Waals surface area contributed by atoms with Gasteiger partial charge in [0.1, 0.15) is 0 Å². The van der Waals surface area contributed by atoms with Gasteiger partial charge in [-0.2, -0.15) is 0 Å². The predicted molar refractivity (Wildman–Crippen MR) is 62.9 cm³/mol. The quantitative estimate of drug-likeness (QED) is 0.580. The molecular weight excluding hydrogens is 176 g/mol. The van der Waals surface area contributed by atoms with E-state index in [1.807, 2.05) is 0 Å². The fourth-order valence-corrected chi connectivity index (χ4v) is 4.20. The van der Waals surface area contributed by atoms with E-state index in [9.17, 15) is 0 Å². The summed E-state index contributed by atoms with van der Waals surface area (Å²) < 4.78 is 0. The second-order valence-corrected chi connectivity index (χ2v) is 11.8. The Bertz CT molecular complexity index is 236. The average molecular weight is 194 g/mol. The van der Waals surface area contributed by atoms with Gasteiger partial charge in [0, 0.05) is 9.76 Å². The van der Waals surface area contributed by atoms with Crippen molar-refractivity contribution in [1.82, 2.24) is 0 Å². The van der Waals surface area contributed by atoms with Crippen molar-refractivity contribution < 1.29 is 0 Å². The summed E-state index contributed by atoms with van der Waals surface area (Å²) in [5, 5.41) is 2.20. The first kappa shape index (κ1) is 9.74. The Morgan fingerprint density at radius 1 is 1.08 bits per heavy atom. The van der Waals surface area contributed by atoms with Crippen LogP contribution in [0.2, 0.25) is 5.04 Å². The Labute approximate surface area is 79.8 Å². The van der Waals surface area contributed by atoms with Crippen molar-refractivity contribution in [3.05, 3.63) is 30.3 Å². The first-order valence-corrected chi connectivity index (χ1v) is 10.3. The molecule has 1 rings (SSSR count). The van der Waals surface area contributed by atoms with E-state index in [1.54, 1.807) is 5.19 Å². The molecule has 2 heteroatoms. The molecule has 0 bridgehead atoms. The lowest BCUT2D eigenvalue weighted by Crippen LogP contribution is -2.39. The Hall–Kier alpha value is -0.346. The molecule has 0 aliphatic rings. The molecule has 0 saturated heterocycles. The summed E-state index contributed by atoms with van der Waals surface area (Å²) in [7, 11) is 0.765.